The number of benzene rings is 3. The Bertz CT molecular complexity index is 1060. The van der Waals surface area contributed by atoms with E-state index in [4.69, 9.17) is 14.2 Å². The highest BCUT2D eigenvalue weighted by Gasteiger charge is 2.15. The molecule has 30 heavy (non-hydrogen) atoms. The Morgan fingerprint density at radius 2 is 1.43 bits per heavy atom. The molecule has 0 aliphatic carbocycles. The van der Waals surface area contributed by atoms with Crippen LogP contribution in [0.5, 0.6) is 17.2 Å². The van der Waals surface area contributed by atoms with E-state index in [2.05, 4.69) is 17.2 Å². The van der Waals surface area contributed by atoms with E-state index in [1.165, 1.54) is 0 Å². The summed E-state index contributed by atoms with van der Waals surface area (Å²) in [5, 5.41) is 2.91. The van der Waals surface area contributed by atoms with Crippen molar-refractivity contribution in [2.45, 2.75) is 6.42 Å². The predicted octanol–water partition coefficient (Wildman–Crippen LogP) is 4.29. The normalized spacial score (nSPS) is 9.83. The molecule has 0 heterocycles. The van der Waals surface area contributed by atoms with Crippen LogP contribution in [0.3, 0.4) is 0 Å². The first-order valence-corrected chi connectivity index (χ1v) is 9.39. The first-order valence-electron chi connectivity index (χ1n) is 9.39. The van der Waals surface area contributed by atoms with Gasteiger partial charge in [0.05, 0.1) is 27.8 Å². The summed E-state index contributed by atoms with van der Waals surface area (Å²) < 4.78 is 16.0. The van der Waals surface area contributed by atoms with Crippen LogP contribution in [0, 0.1) is 11.8 Å². The lowest BCUT2D eigenvalue weighted by atomic mass is 10.1. The average Bonchev–Trinajstić information content (AvgIpc) is 2.77. The summed E-state index contributed by atoms with van der Waals surface area (Å²) in [5.41, 5.74) is 3.20. The van der Waals surface area contributed by atoms with E-state index >= 15 is 0 Å². The van der Waals surface area contributed by atoms with Gasteiger partial charge >= 0.3 is 0 Å². The molecule has 0 aliphatic rings. The zero-order chi connectivity index (χ0) is 21.3. The van der Waals surface area contributed by atoms with Gasteiger partial charge in [-0.2, -0.15) is 0 Å². The number of hydrogen-bond donors (Lipinski definition) is 1. The van der Waals surface area contributed by atoms with E-state index < -0.39 is 0 Å². The molecule has 0 radical (unpaired) electrons. The number of amides is 1. The number of methoxy groups -OCH3 is 3. The number of carbonyl (C=O) groups is 1. The molecule has 0 aliphatic heterocycles. The van der Waals surface area contributed by atoms with Gasteiger partial charge in [-0.15, -0.1) is 0 Å². The second kappa shape index (κ2) is 10.0. The lowest BCUT2D eigenvalue weighted by Gasteiger charge is -2.14. The van der Waals surface area contributed by atoms with Crippen molar-refractivity contribution in [2.75, 3.05) is 26.6 Å². The zero-order valence-electron chi connectivity index (χ0n) is 17.2. The Kier molecular flexibility index (Phi) is 6.96. The molecule has 0 saturated heterocycles. The third kappa shape index (κ3) is 5.33. The Balaban J connectivity index is 1.72. The monoisotopic (exact) mass is 401 g/mol. The summed E-state index contributed by atoms with van der Waals surface area (Å²) in [6.07, 6.45) is 0.163. The Labute approximate surface area is 176 Å². The maximum Gasteiger partial charge on any atom is 0.228 e. The molecule has 152 valence electrons. The lowest BCUT2D eigenvalue weighted by Crippen LogP contribution is -2.14. The molecule has 0 atom stereocenters. The van der Waals surface area contributed by atoms with Crippen LogP contribution in [0.25, 0.3) is 0 Å². The van der Waals surface area contributed by atoms with Crippen LogP contribution >= 0.6 is 0 Å². The number of carbonyl (C=O) groups excluding carboxylic acids is 1. The fraction of sp³-hybridized carbons (Fsp3) is 0.160. The van der Waals surface area contributed by atoms with Gasteiger partial charge in [0.1, 0.15) is 0 Å². The minimum Gasteiger partial charge on any atom is -0.493 e. The van der Waals surface area contributed by atoms with E-state index in [1.807, 2.05) is 54.6 Å². The molecule has 1 amide bonds. The molecule has 5 nitrogen and oxygen atoms in total. The van der Waals surface area contributed by atoms with Gasteiger partial charge in [-0.05, 0) is 48.0 Å². The highest BCUT2D eigenvalue weighted by molar-refractivity contribution is 5.92. The number of nitrogens with one attached hydrogen (secondary N) is 1. The van der Waals surface area contributed by atoms with Gasteiger partial charge < -0.3 is 19.5 Å². The largest absolute Gasteiger partial charge is 0.493 e. The fourth-order valence-corrected chi connectivity index (χ4v) is 2.97. The highest BCUT2D eigenvalue weighted by atomic mass is 16.5. The molecule has 0 unspecified atom stereocenters. The molecule has 0 saturated carbocycles. The van der Waals surface area contributed by atoms with Crippen molar-refractivity contribution in [3.63, 3.8) is 0 Å². The number of ether oxygens (including phenoxy) is 3. The Hall–Kier alpha value is -3.91. The van der Waals surface area contributed by atoms with Crippen LogP contribution in [0.15, 0.2) is 66.7 Å². The van der Waals surface area contributed by atoms with E-state index in [0.29, 0.717) is 22.9 Å². The minimum atomic E-state index is -0.155. The number of hydrogen-bond acceptors (Lipinski definition) is 4. The molecule has 0 aromatic heterocycles. The first kappa shape index (κ1) is 20.8. The van der Waals surface area contributed by atoms with Gasteiger partial charge in [-0.1, -0.05) is 36.1 Å². The Morgan fingerprint density at radius 1 is 0.800 bits per heavy atom. The van der Waals surface area contributed by atoms with Gasteiger partial charge in [0.25, 0.3) is 0 Å². The van der Waals surface area contributed by atoms with Crippen molar-refractivity contribution in [2.24, 2.45) is 0 Å². The summed E-state index contributed by atoms with van der Waals surface area (Å²) in [6, 6.07) is 20.7. The zero-order valence-corrected chi connectivity index (χ0v) is 17.2. The highest BCUT2D eigenvalue weighted by Crippen LogP contribution is 2.38. The number of anilines is 1. The number of rotatable bonds is 6. The topological polar surface area (TPSA) is 56.8 Å². The minimum absolute atomic E-state index is 0.155. The summed E-state index contributed by atoms with van der Waals surface area (Å²) in [6.45, 7) is 0. The summed E-state index contributed by atoms with van der Waals surface area (Å²) in [4.78, 5) is 12.6. The van der Waals surface area contributed by atoms with E-state index in [1.54, 1.807) is 33.5 Å². The molecule has 0 bridgehead atoms. The van der Waals surface area contributed by atoms with Crippen LogP contribution in [-0.4, -0.2) is 27.2 Å². The van der Waals surface area contributed by atoms with Gasteiger partial charge in [-0.3, -0.25) is 4.79 Å². The van der Waals surface area contributed by atoms with Crippen LogP contribution in [0.4, 0.5) is 5.69 Å². The second-order valence-corrected chi connectivity index (χ2v) is 6.46. The van der Waals surface area contributed by atoms with Crippen molar-refractivity contribution in [1.82, 2.24) is 0 Å². The third-order valence-corrected chi connectivity index (χ3v) is 4.36. The summed E-state index contributed by atoms with van der Waals surface area (Å²) >= 11 is 0. The van der Waals surface area contributed by atoms with Crippen molar-refractivity contribution in [3.8, 4) is 29.1 Å². The summed E-state index contributed by atoms with van der Waals surface area (Å²) in [5.74, 6) is 7.60. The molecule has 3 rings (SSSR count). The van der Waals surface area contributed by atoms with Gasteiger partial charge in [0.2, 0.25) is 11.7 Å². The Morgan fingerprint density at radius 3 is 2.07 bits per heavy atom. The lowest BCUT2D eigenvalue weighted by molar-refractivity contribution is -0.115. The molecule has 3 aromatic carbocycles. The predicted molar refractivity (Wildman–Crippen MR) is 117 cm³/mol. The van der Waals surface area contributed by atoms with Crippen molar-refractivity contribution >= 4 is 11.6 Å². The molecular formula is C25H23NO4. The third-order valence-electron chi connectivity index (χ3n) is 4.36. The van der Waals surface area contributed by atoms with Crippen LogP contribution in [0.1, 0.15) is 16.7 Å². The van der Waals surface area contributed by atoms with Crippen LogP contribution in [-0.2, 0) is 11.2 Å². The van der Waals surface area contributed by atoms with E-state index in [-0.39, 0.29) is 12.3 Å². The molecule has 0 fully saturated rings. The second-order valence-electron chi connectivity index (χ2n) is 6.46. The van der Waals surface area contributed by atoms with Crippen molar-refractivity contribution in [1.29, 1.82) is 0 Å². The van der Waals surface area contributed by atoms with Gasteiger partial charge in [0, 0.05) is 16.8 Å². The first-order chi connectivity index (χ1) is 14.6. The maximum absolute atomic E-state index is 12.6. The van der Waals surface area contributed by atoms with Gasteiger partial charge in [-0.25, -0.2) is 0 Å². The van der Waals surface area contributed by atoms with Crippen molar-refractivity contribution in [3.05, 3.63) is 83.4 Å². The van der Waals surface area contributed by atoms with Crippen LogP contribution < -0.4 is 19.5 Å². The average molecular weight is 401 g/mol. The molecule has 3 aromatic rings. The van der Waals surface area contributed by atoms with E-state index in [9.17, 15) is 4.79 Å². The maximum atomic E-state index is 12.6. The SMILES string of the molecule is COc1cc(CC(=O)Nc2cccc(C#Cc3ccccc3)c2)cc(OC)c1OC. The molecule has 1 N–H and O–H groups in total. The summed E-state index contributed by atoms with van der Waals surface area (Å²) in [7, 11) is 4.63. The molecule has 0 spiro atoms. The molecule has 5 heteroatoms. The van der Waals surface area contributed by atoms with Crippen molar-refractivity contribution < 1.29 is 19.0 Å². The van der Waals surface area contributed by atoms with Crippen LogP contribution in [0.2, 0.25) is 0 Å². The molecular weight excluding hydrogens is 378 g/mol. The fourth-order valence-electron chi connectivity index (χ4n) is 2.97. The van der Waals surface area contributed by atoms with E-state index in [0.717, 1.165) is 16.7 Å². The quantitative estimate of drug-likeness (QED) is 0.626. The smallest absolute Gasteiger partial charge is 0.228 e. The van der Waals surface area contributed by atoms with Gasteiger partial charge in [0.15, 0.2) is 11.5 Å². The standard InChI is InChI=1S/C25H23NO4/c1-28-22-15-20(16-23(29-2)25(22)30-3)17-24(27)26-21-11-7-10-19(14-21)13-12-18-8-5-4-6-9-18/h4-11,14-16H,17H2,1-3H3,(H,26,27).